The molecule has 0 spiro atoms. The second kappa shape index (κ2) is 2.70. The van der Waals surface area contributed by atoms with Gasteiger partial charge in [0.1, 0.15) is 0 Å². The van der Waals surface area contributed by atoms with Crippen LogP contribution in [0.4, 0.5) is 0 Å². The van der Waals surface area contributed by atoms with Crippen LogP contribution in [0.2, 0.25) is 0 Å². The zero-order chi connectivity index (χ0) is 9.42. The van der Waals surface area contributed by atoms with Crippen LogP contribution < -0.4 is 5.73 Å². The number of hydrogen-bond donors (Lipinski definition) is 3. The maximum atomic E-state index is 11.0. The van der Waals surface area contributed by atoms with Crippen molar-refractivity contribution in [1.29, 1.82) is 0 Å². The van der Waals surface area contributed by atoms with Crippen LogP contribution in [0.1, 0.15) is 10.4 Å². The summed E-state index contributed by atoms with van der Waals surface area (Å²) in [5, 5.41) is 0. The molecular weight excluding hydrogens is 186 g/mol. The summed E-state index contributed by atoms with van der Waals surface area (Å²) in [6.07, 6.45) is 0. The van der Waals surface area contributed by atoms with Gasteiger partial charge in [0.05, 0.1) is 16.6 Å². The lowest BCUT2D eigenvalue weighted by Gasteiger charge is -1.95. The molecule has 2 rings (SSSR count). The Morgan fingerprint density at radius 2 is 2.15 bits per heavy atom. The molecule has 66 valence electrons. The molecule has 13 heavy (non-hydrogen) atoms. The molecule has 0 saturated heterocycles. The number of nitrogens with one attached hydrogen (secondary N) is 2. The third-order valence-electron chi connectivity index (χ3n) is 1.82. The Morgan fingerprint density at radius 1 is 1.38 bits per heavy atom. The van der Waals surface area contributed by atoms with Crippen molar-refractivity contribution in [1.82, 2.24) is 9.97 Å². The van der Waals surface area contributed by atoms with Crippen LogP contribution in [-0.2, 0) is 0 Å². The fourth-order valence-corrected chi connectivity index (χ4v) is 1.48. The summed E-state index contributed by atoms with van der Waals surface area (Å²) in [5.41, 5.74) is 7.09. The van der Waals surface area contributed by atoms with Crippen molar-refractivity contribution < 1.29 is 4.79 Å². The van der Waals surface area contributed by atoms with Crippen molar-refractivity contribution in [3.05, 3.63) is 28.5 Å². The van der Waals surface area contributed by atoms with Gasteiger partial charge in [-0.15, -0.1) is 0 Å². The molecule has 0 aliphatic rings. The maximum Gasteiger partial charge on any atom is 0.250 e. The summed E-state index contributed by atoms with van der Waals surface area (Å²) in [6.45, 7) is 0. The molecule has 1 amide bonds. The Bertz CT molecular complexity index is 525. The quantitative estimate of drug-likeness (QED) is 0.597. The highest BCUT2D eigenvalue weighted by molar-refractivity contribution is 7.71. The molecule has 0 saturated carbocycles. The van der Waals surface area contributed by atoms with Crippen LogP contribution in [0.5, 0.6) is 0 Å². The van der Waals surface area contributed by atoms with Gasteiger partial charge < -0.3 is 15.7 Å². The van der Waals surface area contributed by atoms with Gasteiger partial charge in [0.25, 0.3) is 5.91 Å². The lowest BCUT2D eigenvalue weighted by molar-refractivity contribution is 0.100. The van der Waals surface area contributed by atoms with Gasteiger partial charge in [0.2, 0.25) is 0 Å². The minimum atomic E-state index is -0.462. The highest BCUT2D eigenvalue weighted by Crippen LogP contribution is 2.14. The number of fused-ring (bicyclic) bond motifs is 1. The van der Waals surface area contributed by atoms with Crippen LogP contribution in [0, 0.1) is 4.77 Å². The van der Waals surface area contributed by atoms with E-state index in [-0.39, 0.29) is 0 Å². The molecule has 1 heterocycles. The summed E-state index contributed by atoms with van der Waals surface area (Å²) in [7, 11) is 0. The Morgan fingerprint density at radius 3 is 2.85 bits per heavy atom. The molecule has 0 aliphatic heterocycles. The zero-order valence-electron chi connectivity index (χ0n) is 6.63. The van der Waals surface area contributed by atoms with Gasteiger partial charge in [0.15, 0.2) is 4.77 Å². The van der Waals surface area contributed by atoms with Gasteiger partial charge >= 0.3 is 0 Å². The molecule has 0 fully saturated rings. The standard InChI is InChI=1S/C8H7N3OS/c9-7(12)4-2-1-3-5-6(4)11-8(13)10-5/h1-3H,(H2,9,12)(H2,10,11,13). The number of benzene rings is 1. The van der Waals surface area contributed by atoms with E-state index >= 15 is 0 Å². The van der Waals surface area contributed by atoms with E-state index in [1.807, 2.05) is 6.07 Å². The Balaban J connectivity index is 2.90. The van der Waals surface area contributed by atoms with Crippen molar-refractivity contribution >= 4 is 29.2 Å². The van der Waals surface area contributed by atoms with E-state index in [2.05, 4.69) is 9.97 Å². The van der Waals surface area contributed by atoms with Gasteiger partial charge in [-0.1, -0.05) is 6.07 Å². The Labute approximate surface area is 78.8 Å². The Kier molecular flexibility index (Phi) is 1.66. The number of H-pyrrole nitrogens is 2. The molecule has 0 radical (unpaired) electrons. The Hall–Kier alpha value is -1.62. The summed E-state index contributed by atoms with van der Waals surface area (Å²) in [6, 6.07) is 5.24. The van der Waals surface area contributed by atoms with Gasteiger partial charge in [-0.2, -0.15) is 0 Å². The van der Waals surface area contributed by atoms with E-state index in [1.54, 1.807) is 12.1 Å². The van der Waals surface area contributed by atoms with E-state index in [1.165, 1.54) is 0 Å². The number of aromatic nitrogens is 2. The lowest BCUT2D eigenvalue weighted by Crippen LogP contribution is -2.11. The van der Waals surface area contributed by atoms with E-state index < -0.39 is 5.91 Å². The average Bonchev–Trinajstić information content (AvgIpc) is 2.43. The van der Waals surface area contributed by atoms with Crippen LogP contribution in [-0.4, -0.2) is 15.9 Å². The number of hydrogen-bond acceptors (Lipinski definition) is 2. The number of aromatic amines is 2. The van der Waals surface area contributed by atoms with Crippen molar-refractivity contribution in [3.63, 3.8) is 0 Å². The average molecular weight is 193 g/mol. The number of primary amides is 1. The van der Waals surface area contributed by atoms with Crippen molar-refractivity contribution in [2.75, 3.05) is 0 Å². The molecule has 0 aliphatic carbocycles. The van der Waals surface area contributed by atoms with E-state index in [0.717, 1.165) is 5.52 Å². The molecule has 4 N–H and O–H groups in total. The smallest absolute Gasteiger partial charge is 0.250 e. The minimum Gasteiger partial charge on any atom is -0.366 e. The second-order valence-corrected chi connectivity index (χ2v) is 3.08. The van der Waals surface area contributed by atoms with Gasteiger partial charge in [-0.25, -0.2) is 0 Å². The first kappa shape index (κ1) is 8.00. The number of amides is 1. The first-order valence-electron chi connectivity index (χ1n) is 3.69. The maximum absolute atomic E-state index is 11.0. The molecular formula is C8H7N3OS. The van der Waals surface area contributed by atoms with Gasteiger partial charge in [-0.05, 0) is 24.4 Å². The van der Waals surface area contributed by atoms with Crippen LogP contribution in [0.15, 0.2) is 18.2 Å². The molecule has 4 nitrogen and oxygen atoms in total. The number of para-hydroxylation sites is 1. The summed E-state index contributed by atoms with van der Waals surface area (Å²) in [4.78, 5) is 16.8. The first-order chi connectivity index (χ1) is 6.18. The van der Waals surface area contributed by atoms with Crippen molar-refractivity contribution in [2.24, 2.45) is 5.73 Å². The third kappa shape index (κ3) is 1.23. The molecule has 0 bridgehead atoms. The number of imidazole rings is 1. The van der Waals surface area contributed by atoms with Gasteiger partial charge in [-0.3, -0.25) is 4.79 Å². The second-order valence-electron chi connectivity index (χ2n) is 2.67. The van der Waals surface area contributed by atoms with E-state index in [4.69, 9.17) is 18.0 Å². The van der Waals surface area contributed by atoms with E-state index in [9.17, 15) is 4.79 Å². The molecule has 0 unspecified atom stereocenters. The summed E-state index contributed by atoms with van der Waals surface area (Å²) in [5.74, 6) is -0.462. The number of rotatable bonds is 1. The van der Waals surface area contributed by atoms with Gasteiger partial charge in [0, 0.05) is 0 Å². The van der Waals surface area contributed by atoms with Crippen LogP contribution >= 0.6 is 12.2 Å². The number of nitrogens with two attached hydrogens (primary N) is 1. The van der Waals surface area contributed by atoms with E-state index in [0.29, 0.717) is 15.9 Å². The van der Waals surface area contributed by atoms with Crippen molar-refractivity contribution in [2.45, 2.75) is 0 Å². The third-order valence-corrected chi connectivity index (χ3v) is 2.02. The monoisotopic (exact) mass is 193 g/mol. The minimum absolute atomic E-state index is 0.449. The predicted molar refractivity (Wildman–Crippen MR) is 52.0 cm³/mol. The number of carbonyl (C=O) groups excluding carboxylic acids is 1. The molecule has 1 aromatic heterocycles. The summed E-state index contributed by atoms with van der Waals surface area (Å²) >= 11 is 4.90. The summed E-state index contributed by atoms with van der Waals surface area (Å²) < 4.78 is 0.490. The highest BCUT2D eigenvalue weighted by Gasteiger charge is 2.06. The van der Waals surface area contributed by atoms with Crippen LogP contribution in [0.3, 0.4) is 0 Å². The molecule has 1 aromatic carbocycles. The fraction of sp³-hybridized carbons (Fsp3) is 0. The fourth-order valence-electron chi connectivity index (χ4n) is 1.26. The normalized spacial score (nSPS) is 10.5. The SMILES string of the molecule is NC(=O)c1cccc2[nH]c(=S)[nH]c12. The topological polar surface area (TPSA) is 74.7 Å². The van der Waals surface area contributed by atoms with Crippen molar-refractivity contribution in [3.8, 4) is 0 Å². The largest absolute Gasteiger partial charge is 0.366 e. The molecule has 2 aromatic rings. The number of carbonyl (C=O) groups is 1. The molecule has 5 heteroatoms. The van der Waals surface area contributed by atoms with Crippen LogP contribution in [0.25, 0.3) is 11.0 Å². The predicted octanol–water partition coefficient (Wildman–Crippen LogP) is 1.32. The first-order valence-corrected chi connectivity index (χ1v) is 4.10. The zero-order valence-corrected chi connectivity index (χ0v) is 7.44. The molecule has 0 atom stereocenters. The lowest BCUT2D eigenvalue weighted by atomic mass is 10.2. The highest BCUT2D eigenvalue weighted by atomic mass is 32.1.